The fraction of sp³-hybridized carbons (Fsp3) is 0.917. The molecule has 0 aromatic carbocycles. The zero-order valence-corrected chi connectivity index (χ0v) is 10.2. The second-order valence-corrected chi connectivity index (χ2v) is 3.96. The monoisotopic (exact) mass is 196 g/mol. The fourth-order valence-corrected chi connectivity index (χ4v) is 2.08. The lowest BCUT2D eigenvalue weighted by Crippen LogP contribution is -2.33. The van der Waals surface area contributed by atoms with E-state index in [2.05, 4.69) is 31.7 Å². The first-order chi connectivity index (χ1) is 6.69. The smallest absolute Gasteiger partial charge is 0.0669 e. The molecule has 14 heavy (non-hydrogen) atoms. The van der Waals surface area contributed by atoms with E-state index >= 15 is 0 Å². The van der Waals surface area contributed by atoms with Gasteiger partial charge in [-0.2, -0.15) is 5.26 Å². The summed E-state index contributed by atoms with van der Waals surface area (Å²) < 4.78 is 0. The molecule has 0 radical (unpaired) electrons. The van der Waals surface area contributed by atoms with E-state index < -0.39 is 0 Å². The van der Waals surface area contributed by atoms with Gasteiger partial charge in [-0.05, 0) is 18.9 Å². The van der Waals surface area contributed by atoms with Crippen LogP contribution in [0.25, 0.3) is 0 Å². The topological polar surface area (TPSA) is 27.0 Å². The minimum Gasteiger partial charge on any atom is -0.299 e. The van der Waals surface area contributed by atoms with Gasteiger partial charge in [0.1, 0.15) is 0 Å². The second-order valence-electron chi connectivity index (χ2n) is 3.96. The number of hydrogen-bond donors (Lipinski definition) is 0. The lowest BCUT2D eigenvalue weighted by atomic mass is 9.98. The Morgan fingerprint density at radius 2 is 2.00 bits per heavy atom. The first-order valence-electron chi connectivity index (χ1n) is 5.82. The lowest BCUT2D eigenvalue weighted by Gasteiger charge is -2.25. The molecule has 0 N–H and O–H groups in total. The summed E-state index contributed by atoms with van der Waals surface area (Å²) in [6.07, 6.45) is 1.07. The van der Waals surface area contributed by atoms with Gasteiger partial charge in [-0.1, -0.05) is 34.6 Å². The third kappa shape index (κ3) is 3.31. The number of rotatable bonds is 2. The lowest BCUT2D eigenvalue weighted by molar-refractivity contribution is 0.216. The van der Waals surface area contributed by atoms with Crippen molar-refractivity contribution in [2.45, 2.75) is 47.1 Å². The summed E-state index contributed by atoms with van der Waals surface area (Å²) in [4.78, 5) is 2.43. The van der Waals surface area contributed by atoms with E-state index in [9.17, 15) is 0 Å². The van der Waals surface area contributed by atoms with E-state index in [4.69, 9.17) is 5.26 Å². The van der Waals surface area contributed by atoms with E-state index in [1.807, 2.05) is 13.8 Å². The second kappa shape index (κ2) is 6.84. The molecule has 1 fully saturated rings. The summed E-state index contributed by atoms with van der Waals surface area (Å²) in [7, 11) is 0. The van der Waals surface area contributed by atoms with Gasteiger partial charge in [-0.25, -0.2) is 0 Å². The molecule has 0 bridgehead atoms. The Hall–Kier alpha value is -0.550. The standard InChI is InChI=1S/C10H18N2.C2H6/c1-4-12-7-9(6-11)5-10(12)8(2)3;1-2/h8-10H,4-5,7H2,1-3H3;1-2H3. The normalized spacial score (nSPS) is 26.9. The first kappa shape index (κ1) is 13.4. The molecule has 2 nitrogen and oxygen atoms in total. The predicted molar refractivity (Wildman–Crippen MR) is 60.9 cm³/mol. The number of likely N-dealkylation sites (tertiary alicyclic amines) is 1. The molecule has 0 saturated carbocycles. The summed E-state index contributed by atoms with van der Waals surface area (Å²) in [5.41, 5.74) is 0. The molecule has 1 aliphatic heterocycles. The van der Waals surface area contributed by atoms with Crippen LogP contribution in [-0.4, -0.2) is 24.0 Å². The van der Waals surface area contributed by atoms with Crippen molar-refractivity contribution in [2.75, 3.05) is 13.1 Å². The first-order valence-corrected chi connectivity index (χ1v) is 5.82. The van der Waals surface area contributed by atoms with E-state index in [-0.39, 0.29) is 5.92 Å². The van der Waals surface area contributed by atoms with Crippen molar-refractivity contribution in [2.24, 2.45) is 11.8 Å². The summed E-state index contributed by atoms with van der Waals surface area (Å²) in [5.74, 6) is 0.959. The van der Waals surface area contributed by atoms with Crippen LogP contribution >= 0.6 is 0 Å². The van der Waals surface area contributed by atoms with Crippen molar-refractivity contribution in [1.29, 1.82) is 5.26 Å². The average molecular weight is 196 g/mol. The quantitative estimate of drug-likeness (QED) is 0.679. The molecule has 82 valence electrons. The molecule has 0 aliphatic carbocycles. The van der Waals surface area contributed by atoms with Crippen LogP contribution < -0.4 is 0 Å². The molecule has 2 unspecified atom stereocenters. The van der Waals surface area contributed by atoms with Crippen LogP contribution in [0.1, 0.15) is 41.0 Å². The van der Waals surface area contributed by atoms with Gasteiger partial charge in [0, 0.05) is 12.6 Å². The van der Waals surface area contributed by atoms with Crippen LogP contribution in [0.2, 0.25) is 0 Å². The van der Waals surface area contributed by atoms with Crippen LogP contribution in [0.3, 0.4) is 0 Å². The molecular formula is C12H24N2. The molecule has 1 aliphatic rings. The van der Waals surface area contributed by atoms with Gasteiger partial charge >= 0.3 is 0 Å². The fourth-order valence-electron chi connectivity index (χ4n) is 2.08. The third-order valence-electron chi connectivity index (χ3n) is 2.81. The van der Waals surface area contributed by atoms with Crippen LogP contribution in [0.15, 0.2) is 0 Å². The zero-order chi connectivity index (χ0) is 11.1. The van der Waals surface area contributed by atoms with E-state index in [1.54, 1.807) is 0 Å². The minimum absolute atomic E-state index is 0.275. The molecule has 1 heterocycles. The Labute approximate surface area is 88.9 Å². The SMILES string of the molecule is CC.CCN1CC(C#N)CC1C(C)C. The van der Waals surface area contributed by atoms with Gasteiger partial charge in [0.2, 0.25) is 0 Å². The number of hydrogen-bond acceptors (Lipinski definition) is 2. The summed E-state index contributed by atoms with van der Waals surface area (Å²) in [6, 6.07) is 3.01. The molecule has 2 heteroatoms. The predicted octanol–water partition coefficient (Wildman–Crippen LogP) is 2.90. The van der Waals surface area contributed by atoms with Crippen LogP contribution in [0.5, 0.6) is 0 Å². The maximum Gasteiger partial charge on any atom is 0.0669 e. The Morgan fingerprint density at radius 1 is 1.43 bits per heavy atom. The maximum atomic E-state index is 8.80. The number of nitriles is 1. The maximum absolute atomic E-state index is 8.80. The molecular weight excluding hydrogens is 172 g/mol. The van der Waals surface area contributed by atoms with Gasteiger partial charge in [0.25, 0.3) is 0 Å². The van der Waals surface area contributed by atoms with Crippen molar-refractivity contribution in [3.8, 4) is 6.07 Å². The van der Waals surface area contributed by atoms with Crippen molar-refractivity contribution < 1.29 is 0 Å². The van der Waals surface area contributed by atoms with Gasteiger partial charge in [0.15, 0.2) is 0 Å². The molecule has 0 aromatic heterocycles. The van der Waals surface area contributed by atoms with Crippen LogP contribution in [0, 0.1) is 23.2 Å². The van der Waals surface area contributed by atoms with E-state index in [0.717, 1.165) is 19.5 Å². The Balaban J connectivity index is 0.000000791. The van der Waals surface area contributed by atoms with Gasteiger partial charge in [-0.3, -0.25) is 4.90 Å². The summed E-state index contributed by atoms with van der Waals surface area (Å²) in [6.45, 7) is 12.7. The highest BCUT2D eigenvalue weighted by atomic mass is 15.2. The highest BCUT2D eigenvalue weighted by molar-refractivity contribution is 4.96. The highest BCUT2D eigenvalue weighted by Gasteiger charge is 2.32. The number of nitrogens with zero attached hydrogens (tertiary/aromatic N) is 2. The summed E-state index contributed by atoms with van der Waals surface area (Å²) in [5, 5.41) is 8.80. The van der Waals surface area contributed by atoms with Crippen LogP contribution in [0.4, 0.5) is 0 Å². The largest absolute Gasteiger partial charge is 0.299 e. The van der Waals surface area contributed by atoms with Crippen molar-refractivity contribution in [3.05, 3.63) is 0 Å². The molecule has 2 atom stereocenters. The van der Waals surface area contributed by atoms with E-state index in [0.29, 0.717) is 12.0 Å². The average Bonchev–Trinajstić information content (AvgIpc) is 2.64. The van der Waals surface area contributed by atoms with Gasteiger partial charge in [-0.15, -0.1) is 0 Å². The molecule has 0 spiro atoms. The van der Waals surface area contributed by atoms with Crippen molar-refractivity contribution in [1.82, 2.24) is 4.90 Å². The molecule has 1 rings (SSSR count). The Kier molecular flexibility index (Phi) is 6.57. The highest BCUT2D eigenvalue weighted by Crippen LogP contribution is 2.27. The Morgan fingerprint density at radius 3 is 2.29 bits per heavy atom. The van der Waals surface area contributed by atoms with Gasteiger partial charge < -0.3 is 0 Å². The third-order valence-corrected chi connectivity index (χ3v) is 2.81. The molecule has 0 aromatic rings. The summed E-state index contributed by atoms with van der Waals surface area (Å²) >= 11 is 0. The van der Waals surface area contributed by atoms with Crippen molar-refractivity contribution in [3.63, 3.8) is 0 Å². The van der Waals surface area contributed by atoms with Crippen LogP contribution in [-0.2, 0) is 0 Å². The van der Waals surface area contributed by atoms with Gasteiger partial charge in [0.05, 0.1) is 12.0 Å². The van der Waals surface area contributed by atoms with E-state index in [1.165, 1.54) is 0 Å². The zero-order valence-electron chi connectivity index (χ0n) is 10.2. The molecule has 1 saturated heterocycles. The minimum atomic E-state index is 0.275. The Bertz CT molecular complexity index is 181. The van der Waals surface area contributed by atoms with Crippen molar-refractivity contribution >= 4 is 0 Å². The molecule has 0 amide bonds.